The number of rotatable bonds is 6. The number of hydrogen-bond donors (Lipinski definition) is 0. The first-order valence-electron chi connectivity index (χ1n) is 8.42. The Hall–Kier alpha value is -3.07. The van der Waals surface area contributed by atoms with Crippen molar-refractivity contribution >= 4 is 0 Å². The third-order valence-corrected chi connectivity index (χ3v) is 4.12. The van der Waals surface area contributed by atoms with Gasteiger partial charge in [-0.2, -0.15) is 4.98 Å². The molecule has 0 unspecified atom stereocenters. The zero-order chi connectivity index (χ0) is 18.6. The molecule has 0 spiro atoms. The van der Waals surface area contributed by atoms with E-state index < -0.39 is 0 Å². The minimum atomic E-state index is -0.319. The first-order valence-corrected chi connectivity index (χ1v) is 8.42. The molecule has 0 radical (unpaired) electrons. The topological polar surface area (TPSA) is 92.4 Å². The molecule has 1 atom stereocenters. The molecule has 1 aliphatic rings. The van der Waals surface area contributed by atoms with Gasteiger partial charge in [0.05, 0.1) is 24.9 Å². The van der Waals surface area contributed by atoms with Crippen LogP contribution in [0.5, 0.6) is 11.6 Å². The highest BCUT2D eigenvalue weighted by Crippen LogP contribution is 2.32. The van der Waals surface area contributed by atoms with Gasteiger partial charge in [-0.05, 0) is 18.1 Å². The number of methoxy groups -OCH3 is 1. The summed E-state index contributed by atoms with van der Waals surface area (Å²) in [7, 11) is 1.60. The molecule has 27 heavy (non-hydrogen) atoms. The molecule has 2 aromatic heterocycles. The number of ether oxygens (including phenoxy) is 3. The molecule has 9 heteroatoms. The fraction of sp³-hybridized carbons (Fsp3) is 0.333. The maximum Gasteiger partial charge on any atom is 0.233 e. The first kappa shape index (κ1) is 17.3. The molecule has 0 N–H and O–H groups in total. The van der Waals surface area contributed by atoms with Gasteiger partial charge in [-0.15, -0.1) is 0 Å². The Kier molecular flexibility index (Phi) is 4.93. The molecule has 0 bridgehead atoms. The van der Waals surface area contributed by atoms with Crippen molar-refractivity contribution in [3.8, 4) is 23.1 Å². The van der Waals surface area contributed by atoms with Crippen LogP contribution in [0.15, 0.2) is 35.1 Å². The quantitative estimate of drug-likeness (QED) is 0.609. The van der Waals surface area contributed by atoms with Crippen molar-refractivity contribution in [1.82, 2.24) is 20.1 Å². The van der Waals surface area contributed by atoms with Crippen molar-refractivity contribution < 1.29 is 23.1 Å². The van der Waals surface area contributed by atoms with Gasteiger partial charge in [0, 0.05) is 13.2 Å². The zero-order valence-corrected chi connectivity index (χ0v) is 14.6. The third-order valence-electron chi connectivity index (χ3n) is 4.12. The number of hydrogen-bond acceptors (Lipinski definition) is 8. The third kappa shape index (κ3) is 3.87. The Bertz CT molecular complexity index is 916. The minimum Gasteiger partial charge on any atom is -0.492 e. The maximum absolute atomic E-state index is 13.3. The van der Waals surface area contributed by atoms with E-state index in [2.05, 4.69) is 20.1 Å². The fourth-order valence-electron chi connectivity index (χ4n) is 2.75. The van der Waals surface area contributed by atoms with Gasteiger partial charge in [0.25, 0.3) is 0 Å². The van der Waals surface area contributed by atoms with Crippen LogP contribution in [0.1, 0.15) is 17.4 Å². The normalized spacial score (nSPS) is 15.9. The van der Waals surface area contributed by atoms with Crippen LogP contribution < -0.4 is 9.47 Å². The number of fused-ring (bicyclic) bond motifs is 1. The van der Waals surface area contributed by atoms with Crippen molar-refractivity contribution in [3.63, 3.8) is 0 Å². The Labute approximate surface area is 154 Å². The van der Waals surface area contributed by atoms with Gasteiger partial charge in [0.2, 0.25) is 17.6 Å². The van der Waals surface area contributed by atoms with E-state index >= 15 is 0 Å². The van der Waals surface area contributed by atoms with E-state index in [-0.39, 0.29) is 11.7 Å². The van der Waals surface area contributed by atoms with E-state index in [9.17, 15) is 4.39 Å². The predicted octanol–water partition coefficient (Wildman–Crippen LogP) is 2.41. The monoisotopic (exact) mass is 372 g/mol. The van der Waals surface area contributed by atoms with Gasteiger partial charge in [-0.25, -0.2) is 14.4 Å². The molecule has 140 valence electrons. The standard InChI is InChI=1S/C18H17FN4O4/c1-24-4-5-25-16-9-20-14(8-21-16)17-22-18(27-23-17)12-6-11-2-3-13(19)7-15(11)26-10-12/h2-3,7-9,12H,4-6,10H2,1H3/t12-/m0/s1. The van der Waals surface area contributed by atoms with Crippen molar-refractivity contribution in [2.45, 2.75) is 12.3 Å². The molecule has 4 rings (SSSR count). The highest BCUT2D eigenvalue weighted by Gasteiger charge is 2.27. The SMILES string of the molecule is COCCOc1cnc(-c2noc([C@@H]3COc4cc(F)ccc4C3)n2)cn1. The van der Waals surface area contributed by atoms with Crippen molar-refractivity contribution in [3.05, 3.63) is 47.9 Å². The van der Waals surface area contributed by atoms with Gasteiger partial charge in [-0.1, -0.05) is 11.2 Å². The molecular weight excluding hydrogens is 355 g/mol. The molecule has 0 aliphatic carbocycles. The van der Waals surface area contributed by atoms with Crippen molar-refractivity contribution in [2.24, 2.45) is 0 Å². The number of benzene rings is 1. The van der Waals surface area contributed by atoms with Crippen molar-refractivity contribution in [1.29, 1.82) is 0 Å². The molecule has 1 aromatic carbocycles. The summed E-state index contributed by atoms with van der Waals surface area (Å²) < 4.78 is 34.6. The number of aromatic nitrogens is 4. The second-order valence-corrected chi connectivity index (χ2v) is 6.00. The Morgan fingerprint density at radius 2 is 2.15 bits per heavy atom. The van der Waals surface area contributed by atoms with Crippen LogP contribution >= 0.6 is 0 Å². The van der Waals surface area contributed by atoms with Gasteiger partial charge >= 0.3 is 0 Å². The summed E-state index contributed by atoms with van der Waals surface area (Å²) in [5, 5.41) is 3.97. The van der Waals surface area contributed by atoms with Gasteiger partial charge < -0.3 is 18.7 Å². The first-order chi connectivity index (χ1) is 13.2. The van der Waals surface area contributed by atoms with Gasteiger partial charge in [0.15, 0.2) is 0 Å². The molecule has 3 heterocycles. The van der Waals surface area contributed by atoms with E-state index in [0.717, 1.165) is 5.56 Å². The Balaban J connectivity index is 1.45. The molecule has 0 amide bonds. The molecule has 8 nitrogen and oxygen atoms in total. The summed E-state index contributed by atoms with van der Waals surface area (Å²) in [5.74, 6) is 1.31. The van der Waals surface area contributed by atoms with Gasteiger partial charge in [0.1, 0.15) is 30.5 Å². The van der Waals surface area contributed by atoms with Crippen LogP contribution in [-0.4, -0.2) is 47.0 Å². The summed E-state index contributed by atoms with van der Waals surface area (Å²) in [5.41, 5.74) is 1.38. The number of nitrogens with zero attached hydrogens (tertiary/aromatic N) is 4. The molecule has 0 saturated carbocycles. The fourth-order valence-corrected chi connectivity index (χ4v) is 2.75. The van der Waals surface area contributed by atoms with E-state index in [1.54, 1.807) is 13.2 Å². The predicted molar refractivity (Wildman–Crippen MR) is 91.0 cm³/mol. The van der Waals surface area contributed by atoms with E-state index in [0.29, 0.717) is 55.3 Å². The maximum atomic E-state index is 13.3. The Morgan fingerprint density at radius 3 is 2.96 bits per heavy atom. The summed E-state index contributed by atoms with van der Waals surface area (Å²) >= 11 is 0. The summed E-state index contributed by atoms with van der Waals surface area (Å²) in [6.45, 7) is 1.21. The minimum absolute atomic E-state index is 0.103. The smallest absolute Gasteiger partial charge is 0.233 e. The summed E-state index contributed by atoms with van der Waals surface area (Å²) in [6, 6.07) is 4.51. The molecule has 0 fully saturated rings. The largest absolute Gasteiger partial charge is 0.492 e. The van der Waals surface area contributed by atoms with E-state index in [4.69, 9.17) is 18.7 Å². The molecular formula is C18H17FN4O4. The van der Waals surface area contributed by atoms with Crippen LogP contribution in [0.25, 0.3) is 11.5 Å². The molecule has 3 aromatic rings. The average Bonchev–Trinajstić information content (AvgIpc) is 3.18. The average molecular weight is 372 g/mol. The highest BCUT2D eigenvalue weighted by atomic mass is 19.1. The lowest BCUT2D eigenvalue weighted by Gasteiger charge is -2.22. The van der Waals surface area contributed by atoms with E-state index in [1.165, 1.54) is 24.5 Å². The van der Waals surface area contributed by atoms with Crippen LogP contribution in [0.3, 0.4) is 0 Å². The summed E-state index contributed by atoms with van der Waals surface area (Å²) in [4.78, 5) is 12.8. The Morgan fingerprint density at radius 1 is 1.22 bits per heavy atom. The molecule has 0 saturated heterocycles. The second-order valence-electron chi connectivity index (χ2n) is 6.00. The van der Waals surface area contributed by atoms with Gasteiger partial charge in [-0.3, -0.25) is 0 Å². The van der Waals surface area contributed by atoms with Crippen LogP contribution in [-0.2, 0) is 11.2 Å². The zero-order valence-electron chi connectivity index (χ0n) is 14.6. The molecule has 1 aliphatic heterocycles. The summed E-state index contributed by atoms with van der Waals surface area (Å²) in [6.07, 6.45) is 3.65. The highest BCUT2D eigenvalue weighted by molar-refractivity contribution is 5.46. The van der Waals surface area contributed by atoms with E-state index in [1.807, 2.05) is 0 Å². The van der Waals surface area contributed by atoms with Crippen LogP contribution in [0.4, 0.5) is 4.39 Å². The number of halogens is 1. The van der Waals surface area contributed by atoms with Crippen LogP contribution in [0, 0.1) is 5.82 Å². The lowest BCUT2D eigenvalue weighted by Crippen LogP contribution is -2.19. The lowest BCUT2D eigenvalue weighted by molar-refractivity contribution is 0.143. The second kappa shape index (κ2) is 7.67. The lowest BCUT2D eigenvalue weighted by atomic mass is 9.96. The van der Waals surface area contributed by atoms with Crippen molar-refractivity contribution in [2.75, 3.05) is 26.9 Å². The van der Waals surface area contributed by atoms with Crippen LogP contribution in [0.2, 0.25) is 0 Å².